The Hall–Kier alpha value is -1.64. The SMILES string of the molecule is C=C(C)C(C)=N/C=C(\C)c1cnn(C)c1. The number of nitrogens with zero attached hydrogens (tertiary/aromatic N) is 3. The predicted octanol–water partition coefficient (Wildman–Crippen LogP) is 2.82. The first-order valence-electron chi connectivity index (χ1n) is 4.86. The van der Waals surface area contributed by atoms with Crippen LogP contribution in [0.15, 0.2) is 35.7 Å². The van der Waals surface area contributed by atoms with Gasteiger partial charge in [0, 0.05) is 30.7 Å². The van der Waals surface area contributed by atoms with E-state index < -0.39 is 0 Å². The number of rotatable bonds is 3. The Balaban J connectivity index is 2.85. The second-order valence-corrected chi connectivity index (χ2v) is 3.71. The molecule has 0 aliphatic heterocycles. The highest BCUT2D eigenvalue weighted by molar-refractivity contribution is 5.97. The normalized spacial score (nSPS) is 13.1. The van der Waals surface area contributed by atoms with E-state index in [-0.39, 0.29) is 0 Å². The molecule has 0 saturated heterocycles. The lowest BCUT2D eigenvalue weighted by molar-refractivity contribution is 0.767. The minimum Gasteiger partial charge on any atom is -0.275 e. The molecule has 0 atom stereocenters. The van der Waals surface area contributed by atoms with Gasteiger partial charge in [-0.2, -0.15) is 5.10 Å². The molecule has 0 aromatic carbocycles. The van der Waals surface area contributed by atoms with E-state index in [1.165, 1.54) is 0 Å². The van der Waals surface area contributed by atoms with Crippen molar-refractivity contribution in [1.29, 1.82) is 0 Å². The highest BCUT2D eigenvalue weighted by Crippen LogP contribution is 2.12. The molecule has 0 fully saturated rings. The summed E-state index contributed by atoms with van der Waals surface area (Å²) >= 11 is 0. The molecule has 3 nitrogen and oxygen atoms in total. The maximum atomic E-state index is 4.33. The molecule has 0 aliphatic carbocycles. The monoisotopic (exact) mass is 203 g/mol. The van der Waals surface area contributed by atoms with E-state index in [0.717, 1.165) is 22.4 Å². The fraction of sp³-hybridized carbons (Fsp3) is 0.333. The number of aryl methyl sites for hydroxylation is 1. The molecule has 0 bridgehead atoms. The Morgan fingerprint density at radius 2 is 2.13 bits per heavy atom. The summed E-state index contributed by atoms with van der Waals surface area (Å²) in [6, 6.07) is 0. The van der Waals surface area contributed by atoms with Crippen molar-refractivity contribution >= 4 is 11.3 Å². The van der Waals surface area contributed by atoms with Crippen molar-refractivity contribution in [2.75, 3.05) is 0 Å². The highest BCUT2D eigenvalue weighted by atomic mass is 15.2. The Bertz CT molecular complexity index is 422. The summed E-state index contributed by atoms with van der Waals surface area (Å²) in [6.07, 6.45) is 5.65. The first-order chi connectivity index (χ1) is 7.00. The summed E-state index contributed by atoms with van der Waals surface area (Å²) in [5.74, 6) is 0. The number of allylic oxidation sites excluding steroid dienone is 2. The molecule has 80 valence electrons. The van der Waals surface area contributed by atoms with Crippen LogP contribution in [0.3, 0.4) is 0 Å². The van der Waals surface area contributed by atoms with Crippen molar-refractivity contribution in [3.05, 3.63) is 36.3 Å². The fourth-order valence-corrected chi connectivity index (χ4v) is 1.00. The highest BCUT2D eigenvalue weighted by Gasteiger charge is 1.97. The van der Waals surface area contributed by atoms with Gasteiger partial charge in [-0.1, -0.05) is 6.58 Å². The zero-order chi connectivity index (χ0) is 11.4. The molecule has 1 aromatic rings. The Kier molecular flexibility index (Phi) is 3.61. The number of aromatic nitrogens is 2. The maximum Gasteiger partial charge on any atom is 0.0565 e. The molecular weight excluding hydrogens is 186 g/mol. The predicted molar refractivity (Wildman–Crippen MR) is 64.8 cm³/mol. The third-order valence-electron chi connectivity index (χ3n) is 2.23. The Morgan fingerprint density at radius 3 is 2.60 bits per heavy atom. The molecule has 15 heavy (non-hydrogen) atoms. The van der Waals surface area contributed by atoms with Gasteiger partial charge in [0.05, 0.1) is 6.20 Å². The molecule has 0 aliphatic rings. The van der Waals surface area contributed by atoms with Crippen molar-refractivity contribution in [1.82, 2.24) is 9.78 Å². The summed E-state index contributed by atoms with van der Waals surface area (Å²) in [5.41, 5.74) is 4.14. The Labute approximate surface area is 90.8 Å². The lowest BCUT2D eigenvalue weighted by atomic mass is 10.2. The van der Waals surface area contributed by atoms with Crippen molar-refractivity contribution < 1.29 is 0 Å². The van der Waals surface area contributed by atoms with Crippen LogP contribution in [-0.4, -0.2) is 15.5 Å². The van der Waals surface area contributed by atoms with Crippen LogP contribution >= 0.6 is 0 Å². The van der Waals surface area contributed by atoms with E-state index in [9.17, 15) is 0 Å². The molecule has 0 amide bonds. The van der Waals surface area contributed by atoms with Crippen LogP contribution in [0.4, 0.5) is 0 Å². The Morgan fingerprint density at radius 1 is 1.47 bits per heavy atom. The van der Waals surface area contributed by atoms with Crippen molar-refractivity contribution in [2.24, 2.45) is 12.0 Å². The summed E-state index contributed by atoms with van der Waals surface area (Å²) in [7, 11) is 1.90. The number of hydrogen-bond acceptors (Lipinski definition) is 2. The van der Waals surface area contributed by atoms with Crippen molar-refractivity contribution in [2.45, 2.75) is 20.8 Å². The average molecular weight is 203 g/mol. The third kappa shape index (κ3) is 3.20. The van der Waals surface area contributed by atoms with Gasteiger partial charge < -0.3 is 0 Å². The summed E-state index contributed by atoms with van der Waals surface area (Å²) in [4.78, 5) is 4.33. The number of hydrogen-bond donors (Lipinski definition) is 0. The molecule has 0 unspecified atom stereocenters. The van der Waals surface area contributed by atoms with Crippen LogP contribution in [0, 0.1) is 0 Å². The van der Waals surface area contributed by atoms with Crippen LogP contribution in [0.2, 0.25) is 0 Å². The van der Waals surface area contributed by atoms with Crippen LogP contribution in [0.25, 0.3) is 5.57 Å². The van der Waals surface area contributed by atoms with E-state index in [4.69, 9.17) is 0 Å². The second-order valence-electron chi connectivity index (χ2n) is 3.71. The molecule has 0 saturated carbocycles. The van der Waals surface area contributed by atoms with Crippen molar-refractivity contribution in [3.63, 3.8) is 0 Å². The van der Waals surface area contributed by atoms with Gasteiger partial charge in [-0.25, -0.2) is 0 Å². The average Bonchev–Trinajstić information content (AvgIpc) is 2.60. The smallest absolute Gasteiger partial charge is 0.0565 e. The van der Waals surface area contributed by atoms with Crippen LogP contribution in [-0.2, 0) is 7.05 Å². The lowest BCUT2D eigenvalue weighted by Gasteiger charge is -1.96. The topological polar surface area (TPSA) is 30.2 Å². The minimum absolute atomic E-state index is 0.957. The molecule has 3 heteroatoms. The molecule has 1 rings (SSSR count). The van der Waals surface area contributed by atoms with E-state index in [0.29, 0.717) is 0 Å². The van der Waals surface area contributed by atoms with Gasteiger partial charge in [-0.15, -0.1) is 0 Å². The number of aliphatic imine (C=N–C) groups is 1. The largest absolute Gasteiger partial charge is 0.275 e. The van der Waals surface area contributed by atoms with Crippen LogP contribution in [0.5, 0.6) is 0 Å². The van der Waals surface area contributed by atoms with Gasteiger partial charge in [0.15, 0.2) is 0 Å². The third-order valence-corrected chi connectivity index (χ3v) is 2.23. The van der Waals surface area contributed by atoms with E-state index >= 15 is 0 Å². The van der Waals surface area contributed by atoms with E-state index in [1.54, 1.807) is 4.68 Å². The van der Waals surface area contributed by atoms with Gasteiger partial charge >= 0.3 is 0 Å². The summed E-state index contributed by atoms with van der Waals surface area (Å²) < 4.78 is 1.78. The summed E-state index contributed by atoms with van der Waals surface area (Å²) in [6.45, 7) is 9.76. The lowest BCUT2D eigenvalue weighted by Crippen LogP contribution is -1.89. The molecule has 1 aromatic heterocycles. The minimum atomic E-state index is 0.957. The van der Waals surface area contributed by atoms with Crippen LogP contribution in [0.1, 0.15) is 26.3 Å². The standard InChI is InChI=1S/C12H17N3/c1-9(2)11(4)13-6-10(3)12-7-14-15(5)8-12/h6-8H,1H2,2-5H3/b10-6+,13-11?. The van der Waals surface area contributed by atoms with E-state index in [2.05, 4.69) is 16.7 Å². The molecule has 0 spiro atoms. The van der Waals surface area contributed by atoms with Gasteiger partial charge in [0.1, 0.15) is 0 Å². The first-order valence-corrected chi connectivity index (χ1v) is 4.86. The zero-order valence-electron chi connectivity index (χ0n) is 9.78. The molecule has 0 N–H and O–H groups in total. The molecule has 1 heterocycles. The van der Waals surface area contributed by atoms with Gasteiger partial charge in [0.25, 0.3) is 0 Å². The fourth-order valence-electron chi connectivity index (χ4n) is 1.00. The quantitative estimate of drug-likeness (QED) is 0.695. The van der Waals surface area contributed by atoms with Gasteiger partial charge in [-0.05, 0) is 31.9 Å². The van der Waals surface area contributed by atoms with E-state index in [1.807, 2.05) is 46.4 Å². The van der Waals surface area contributed by atoms with Gasteiger partial charge in [0.2, 0.25) is 0 Å². The molecule has 0 radical (unpaired) electrons. The van der Waals surface area contributed by atoms with Crippen LogP contribution < -0.4 is 0 Å². The first kappa shape index (κ1) is 11.4. The molecular formula is C12H17N3. The maximum absolute atomic E-state index is 4.33. The second kappa shape index (κ2) is 4.73. The van der Waals surface area contributed by atoms with Crippen molar-refractivity contribution in [3.8, 4) is 0 Å². The van der Waals surface area contributed by atoms with Gasteiger partial charge in [-0.3, -0.25) is 9.67 Å². The summed E-state index contributed by atoms with van der Waals surface area (Å²) in [5, 5.41) is 4.11. The zero-order valence-corrected chi connectivity index (χ0v) is 9.78.